The van der Waals surface area contributed by atoms with Crippen molar-refractivity contribution >= 4 is 10.8 Å². The van der Waals surface area contributed by atoms with E-state index in [1.54, 1.807) is 18.2 Å². The Morgan fingerprint density at radius 1 is 1.17 bits per heavy atom. The SMILES string of the molecule is N#Cc1cccc2ccc([C@H](N)C(F)(F)F)cc12. The van der Waals surface area contributed by atoms with Crippen molar-refractivity contribution < 1.29 is 13.2 Å². The van der Waals surface area contributed by atoms with Crippen LogP contribution < -0.4 is 5.73 Å². The Labute approximate surface area is 101 Å². The van der Waals surface area contributed by atoms with Crippen molar-refractivity contribution in [2.45, 2.75) is 12.2 Å². The number of rotatable bonds is 1. The van der Waals surface area contributed by atoms with Gasteiger partial charge in [0.1, 0.15) is 6.04 Å². The van der Waals surface area contributed by atoms with Crippen LogP contribution in [0.25, 0.3) is 10.8 Å². The molecule has 5 heteroatoms. The van der Waals surface area contributed by atoms with Gasteiger partial charge in [-0.05, 0) is 28.5 Å². The van der Waals surface area contributed by atoms with Crippen molar-refractivity contribution in [3.8, 4) is 6.07 Å². The lowest BCUT2D eigenvalue weighted by atomic mass is 9.99. The average molecular weight is 250 g/mol. The molecule has 0 aliphatic heterocycles. The predicted octanol–water partition coefficient (Wildman–Crippen LogP) is 3.27. The minimum atomic E-state index is -4.49. The number of nitrogens with two attached hydrogens (primary N) is 1. The van der Waals surface area contributed by atoms with Crippen LogP contribution >= 0.6 is 0 Å². The number of fused-ring (bicyclic) bond motifs is 1. The zero-order chi connectivity index (χ0) is 13.3. The largest absolute Gasteiger partial charge is 0.407 e. The molecule has 2 rings (SSSR count). The van der Waals surface area contributed by atoms with Gasteiger partial charge in [-0.15, -0.1) is 0 Å². The summed E-state index contributed by atoms with van der Waals surface area (Å²) in [5.41, 5.74) is 5.44. The van der Waals surface area contributed by atoms with E-state index in [0.29, 0.717) is 16.3 Å². The Morgan fingerprint density at radius 3 is 2.50 bits per heavy atom. The molecule has 0 fully saturated rings. The van der Waals surface area contributed by atoms with Crippen molar-refractivity contribution in [2.24, 2.45) is 5.73 Å². The second-order valence-corrected chi connectivity index (χ2v) is 3.92. The van der Waals surface area contributed by atoms with Gasteiger partial charge in [-0.2, -0.15) is 18.4 Å². The highest BCUT2D eigenvalue weighted by Crippen LogP contribution is 2.32. The van der Waals surface area contributed by atoms with Crippen molar-refractivity contribution in [1.29, 1.82) is 5.26 Å². The number of nitriles is 1. The van der Waals surface area contributed by atoms with Crippen LogP contribution in [-0.4, -0.2) is 6.18 Å². The predicted molar refractivity (Wildman–Crippen MR) is 61.6 cm³/mol. The highest BCUT2D eigenvalue weighted by atomic mass is 19.4. The van der Waals surface area contributed by atoms with Gasteiger partial charge in [0.05, 0.1) is 11.6 Å². The summed E-state index contributed by atoms with van der Waals surface area (Å²) in [5, 5.41) is 10.1. The van der Waals surface area contributed by atoms with E-state index >= 15 is 0 Å². The molecule has 92 valence electrons. The lowest BCUT2D eigenvalue weighted by Gasteiger charge is -2.16. The maximum Gasteiger partial charge on any atom is 0.407 e. The second kappa shape index (κ2) is 4.31. The van der Waals surface area contributed by atoms with Crippen LogP contribution in [0.2, 0.25) is 0 Å². The van der Waals surface area contributed by atoms with Gasteiger partial charge in [-0.25, -0.2) is 0 Å². The van der Waals surface area contributed by atoms with Gasteiger partial charge in [0, 0.05) is 0 Å². The fourth-order valence-corrected chi connectivity index (χ4v) is 1.77. The molecule has 0 unspecified atom stereocenters. The molecule has 0 aromatic heterocycles. The molecule has 1 atom stereocenters. The molecule has 2 aromatic carbocycles. The lowest BCUT2D eigenvalue weighted by Crippen LogP contribution is -2.28. The Hall–Kier alpha value is -2.06. The van der Waals surface area contributed by atoms with Crippen molar-refractivity contribution in [1.82, 2.24) is 0 Å². The summed E-state index contributed by atoms with van der Waals surface area (Å²) >= 11 is 0. The average Bonchev–Trinajstić information content (AvgIpc) is 2.35. The molecule has 0 saturated heterocycles. The molecule has 0 aliphatic rings. The van der Waals surface area contributed by atoms with Crippen LogP contribution in [0.1, 0.15) is 17.2 Å². The van der Waals surface area contributed by atoms with Crippen LogP contribution in [0, 0.1) is 11.3 Å². The quantitative estimate of drug-likeness (QED) is 0.844. The summed E-state index contributed by atoms with van der Waals surface area (Å²) in [6.07, 6.45) is -4.49. The Balaban J connectivity index is 2.60. The molecule has 0 radical (unpaired) electrons. The summed E-state index contributed by atoms with van der Waals surface area (Å²) < 4.78 is 37.6. The molecule has 0 bridgehead atoms. The van der Waals surface area contributed by atoms with E-state index in [2.05, 4.69) is 0 Å². The highest BCUT2D eigenvalue weighted by Gasteiger charge is 2.37. The van der Waals surface area contributed by atoms with Gasteiger partial charge in [-0.3, -0.25) is 0 Å². The number of benzene rings is 2. The third-order valence-corrected chi connectivity index (χ3v) is 2.74. The fourth-order valence-electron chi connectivity index (χ4n) is 1.77. The Morgan fingerprint density at radius 2 is 1.89 bits per heavy atom. The molecule has 0 amide bonds. The molecular formula is C13H9F3N2. The molecule has 2 N–H and O–H groups in total. The minimum absolute atomic E-state index is 0.0438. The number of alkyl halides is 3. The maximum absolute atomic E-state index is 12.5. The maximum atomic E-state index is 12.5. The van der Waals surface area contributed by atoms with Crippen LogP contribution in [0.4, 0.5) is 13.2 Å². The molecule has 0 saturated carbocycles. The first kappa shape index (κ1) is 12.4. The number of halogens is 3. The van der Waals surface area contributed by atoms with Gasteiger partial charge >= 0.3 is 6.18 Å². The smallest absolute Gasteiger partial charge is 0.316 e. The van der Waals surface area contributed by atoms with E-state index in [0.717, 1.165) is 0 Å². The molecule has 0 aliphatic carbocycles. The summed E-state index contributed by atoms with van der Waals surface area (Å²) in [5.74, 6) is 0. The van der Waals surface area contributed by atoms with Gasteiger partial charge in [-0.1, -0.05) is 24.3 Å². The number of hydrogen-bond acceptors (Lipinski definition) is 2. The standard InChI is InChI=1S/C13H9F3N2/c14-13(15,16)12(18)9-5-4-8-2-1-3-10(7-17)11(8)6-9/h1-6,12H,18H2/t12-/m0/s1. The summed E-state index contributed by atoms with van der Waals surface area (Å²) in [6.45, 7) is 0. The Bertz CT molecular complexity index is 626. The van der Waals surface area contributed by atoms with Gasteiger partial charge < -0.3 is 5.73 Å². The van der Waals surface area contributed by atoms with E-state index in [1.165, 1.54) is 18.2 Å². The van der Waals surface area contributed by atoms with Crippen molar-refractivity contribution in [3.05, 3.63) is 47.5 Å². The monoisotopic (exact) mass is 250 g/mol. The third kappa shape index (κ3) is 2.15. The fraction of sp³-hybridized carbons (Fsp3) is 0.154. The molecule has 0 heterocycles. The molecule has 2 aromatic rings. The summed E-state index contributed by atoms with van der Waals surface area (Å²) in [4.78, 5) is 0. The normalized spacial score (nSPS) is 13.3. The zero-order valence-electron chi connectivity index (χ0n) is 9.20. The van der Waals surface area contributed by atoms with E-state index in [1.807, 2.05) is 6.07 Å². The molecule has 2 nitrogen and oxygen atoms in total. The first-order valence-electron chi connectivity index (χ1n) is 5.18. The van der Waals surface area contributed by atoms with E-state index in [4.69, 9.17) is 11.0 Å². The molecule has 18 heavy (non-hydrogen) atoms. The number of nitrogens with zero attached hydrogens (tertiary/aromatic N) is 1. The van der Waals surface area contributed by atoms with Crippen molar-refractivity contribution in [2.75, 3.05) is 0 Å². The first-order chi connectivity index (χ1) is 8.43. The Kier molecular flexibility index (Phi) is 2.97. The first-order valence-corrected chi connectivity index (χ1v) is 5.18. The van der Waals surface area contributed by atoms with E-state index in [9.17, 15) is 13.2 Å². The zero-order valence-corrected chi connectivity index (χ0v) is 9.20. The van der Waals surface area contributed by atoms with Gasteiger partial charge in [0.15, 0.2) is 0 Å². The van der Waals surface area contributed by atoms with Crippen LogP contribution in [0.15, 0.2) is 36.4 Å². The lowest BCUT2D eigenvalue weighted by molar-refractivity contribution is -0.149. The van der Waals surface area contributed by atoms with Crippen LogP contribution in [0.5, 0.6) is 0 Å². The topological polar surface area (TPSA) is 49.8 Å². The van der Waals surface area contributed by atoms with Crippen LogP contribution in [0.3, 0.4) is 0 Å². The van der Waals surface area contributed by atoms with E-state index < -0.39 is 12.2 Å². The highest BCUT2D eigenvalue weighted by molar-refractivity contribution is 5.88. The van der Waals surface area contributed by atoms with Crippen molar-refractivity contribution in [3.63, 3.8) is 0 Å². The molecule has 0 spiro atoms. The van der Waals surface area contributed by atoms with Gasteiger partial charge in [0.2, 0.25) is 0 Å². The molecular weight excluding hydrogens is 241 g/mol. The van der Waals surface area contributed by atoms with Gasteiger partial charge in [0.25, 0.3) is 0 Å². The summed E-state index contributed by atoms with van der Waals surface area (Å²) in [6, 6.07) is 9.10. The second-order valence-electron chi connectivity index (χ2n) is 3.92. The summed E-state index contributed by atoms with van der Waals surface area (Å²) in [7, 11) is 0. The minimum Gasteiger partial charge on any atom is -0.316 e. The third-order valence-electron chi connectivity index (χ3n) is 2.74. The van der Waals surface area contributed by atoms with E-state index in [-0.39, 0.29) is 5.56 Å². The van der Waals surface area contributed by atoms with Crippen LogP contribution in [-0.2, 0) is 0 Å². The number of hydrogen-bond donors (Lipinski definition) is 1.